The summed E-state index contributed by atoms with van der Waals surface area (Å²) in [5.41, 5.74) is 1.35. The molecule has 0 aliphatic carbocycles. The van der Waals surface area contributed by atoms with Crippen molar-refractivity contribution < 1.29 is 4.74 Å². The summed E-state index contributed by atoms with van der Waals surface area (Å²) in [6.45, 7) is 2.48. The zero-order valence-electron chi connectivity index (χ0n) is 11.3. The normalized spacial score (nSPS) is 19.5. The van der Waals surface area contributed by atoms with Gasteiger partial charge < -0.3 is 10.1 Å². The SMILES string of the molecule is c1ccc2c(c1)cc([C@H]1COCCN1)c1ccccc12. The van der Waals surface area contributed by atoms with Gasteiger partial charge in [0.25, 0.3) is 0 Å². The molecule has 0 aromatic heterocycles. The largest absolute Gasteiger partial charge is 0.378 e. The van der Waals surface area contributed by atoms with Crippen LogP contribution in [0.1, 0.15) is 11.6 Å². The summed E-state index contributed by atoms with van der Waals surface area (Å²) in [5, 5.41) is 8.84. The highest BCUT2D eigenvalue weighted by atomic mass is 16.5. The number of morpholine rings is 1. The average Bonchev–Trinajstić information content (AvgIpc) is 2.55. The molecule has 4 rings (SSSR count). The molecule has 0 amide bonds. The van der Waals surface area contributed by atoms with Crippen LogP contribution in [0.3, 0.4) is 0 Å². The number of ether oxygens (including phenoxy) is 1. The molecule has 1 aliphatic heterocycles. The highest BCUT2D eigenvalue weighted by molar-refractivity contribution is 6.09. The first kappa shape index (κ1) is 11.9. The fourth-order valence-electron chi connectivity index (χ4n) is 3.14. The minimum absolute atomic E-state index is 0.290. The van der Waals surface area contributed by atoms with Gasteiger partial charge in [-0.15, -0.1) is 0 Å². The van der Waals surface area contributed by atoms with E-state index in [1.807, 2.05) is 0 Å². The number of hydrogen-bond acceptors (Lipinski definition) is 2. The molecule has 0 unspecified atom stereocenters. The summed E-state index contributed by atoms with van der Waals surface area (Å²) >= 11 is 0. The van der Waals surface area contributed by atoms with Crippen LogP contribution >= 0.6 is 0 Å². The summed E-state index contributed by atoms with van der Waals surface area (Å²) in [5.74, 6) is 0. The molecule has 1 fully saturated rings. The molecule has 1 heterocycles. The first-order chi connectivity index (χ1) is 9.93. The number of rotatable bonds is 1. The van der Waals surface area contributed by atoms with Gasteiger partial charge in [-0.05, 0) is 33.2 Å². The molecule has 100 valence electrons. The molecule has 0 spiro atoms. The molecule has 3 aromatic rings. The van der Waals surface area contributed by atoms with Gasteiger partial charge in [0.05, 0.1) is 19.3 Å². The summed E-state index contributed by atoms with van der Waals surface area (Å²) in [6, 6.07) is 19.9. The van der Waals surface area contributed by atoms with Crippen molar-refractivity contribution in [3.8, 4) is 0 Å². The van der Waals surface area contributed by atoms with Crippen LogP contribution in [0.4, 0.5) is 0 Å². The minimum Gasteiger partial charge on any atom is -0.378 e. The highest BCUT2D eigenvalue weighted by Crippen LogP contribution is 2.32. The van der Waals surface area contributed by atoms with Gasteiger partial charge in [0.2, 0.25) is 0 Å². The van der Waals surface area contributed by atoms with E-state index in [4.69, 9.17) is 4.74 Å². The monoisotopic (exact) mass is 263 g/mol. The van der Waals surface area contributed by atoms with Crippen LogP contribution in [0.2, 0.25) is 0 Å². The van der Waals surface area contributed by atoms with E-state index in [1.54, 1.807) is 0 Å². The van der Waals surface area contributed by atoms with Crippen LogP contribution in [-0.2, 0) is 4.74 Å². The molecule has 2 heteroatoms. The Hall–Kier alpha value is -1.90. The van der Waals surface area contributed by atoms with E-state index in [0.717, 1.165) is 19.8 Å². The first-order valence-electron chi connectivity index (χ1n) is 7.15. The third kappa shape index (κ3) is 1.89. The van der Waals surface area contributed by atoms with Crippen LogP contribution in [0.5, 0.6) is 0 Å². The summed E-state index contributed by atoms with van der Waals surface area (Å²) < 4.78 is 5.63. The van der Waals surface area contributed by atoms with Crippen LogP contribution in [-0.4, -0.2) is 19.8 Å². The van der Waals surface area contributed by atoms with Crippen LogP contribution in [0.15, 0.2) is 54.6 Å². The Labute approximate surface area is 118 Å². The predicted molar refractivity (Wildman–Crippen MR) is 83.0 cm³/mol. The summed E-state index contributed by atoms with van der Waals surface area (Å²) in [7, 11) is 0. The van der Waals surface area contributed by atoms with Gasteiger partial charge in [0.1, 0.15) is 0 Å². The lowest BCUT2D eigenvalue weighted by Crippen LogP contribution is -2.34. The summed E-state index contributed by atoms with van der Waals surface area (Å²) in [4.78, 5) is 0. The fourth-order valence-corrected chi connectivity index (χ4v) is 3.14. The third-order valence-corrected chi connectivity index (χ3v) is 4.10. The van der Waals surface area contributed by atoms with Crippen molar-refractivity contribution in [1.82, 2.24) is 5.32 Å². The standard InChI is InChI=1S/C18H17NO/c1-2-6-14-13(5-1)11-17(18-12-20-10-9-19-18)16-8-4-3-7-15(14)16/h1-8,11,18-19H,9-10,12H2/t18-/m1/s1. The maximum absolute atomic E-state index is 5.63. The predicted octanol–water partition coefficient (Wildman–Crippen LogP) is 3.65. The molecule has 3 aromatic carbocycles. The van der Waals surface area contributed by atoms with E-state index < -0.39 is 0 Å². The van der Waals surface area contributed by atoms with Crippen molar-refractivity contribution in [3.63, 3.8) is 0 Å². The topological polar surface area (TPSA) is 21.3 Å². The van der Waals surface area contributed by atoms with Gasteiger partial charge in [0, 0.05) is 6.54 Å². The van der Waals surface area contributed by atoms with Gasteiger partial charge in [-0.2, -0.15) is 0 Å². The lowest BCUT2D eigenvalue weighted by atomic mass is 9.93. The highest BCUT2D eigenvalue weighted by Gasteiger charge is 2.18. The molecule has 2 nitrogen and oxygen atoms in total. The quantitative estimate of drug-likeness (QED) is 0.677. The van der Waals surface area contributed by atoms with Gasteiger partial charge in [-0.3, -0.25) is 0 Å². The Morgan fingerprint density at radius 3 is 2.45 bits per heavy atom. The first-order valence-corrected chi connectivity index (χ1v) is 7.15. The lowest BCUT2D eigenvalue weighted by Gasteiger charge is -2.26. The average molecular weight is 263 g/mol. The number of fused-ring (bicyclic) bond motifs is 3. The Balaban J connectivity index is 2.02. The second kappa shape index (κ2) is 4.89. The van der Waals surface area contributed by atoms with Gasteiger partial charge in [-0.1, -0.05) is 48.5 Å². The zero-order chi connectivity index (χ0) is 13.4. The van der Waals surface area contributed by atoms with Crippen LogP contribution in [0.25, 0.3) is 21.5 Å². The minimum atomic E-state index is 0.290. The smallest absolute Gasteiger partial charge is 0.0662 e. The van der Waals surface area contributed by atoms with Gasteiger partial charge in [-0.25, -0.2) is 0 Å². The van der Waals surface area contributed by atoms with Crippen molar-refractivity contribution in [2.45, 2.75) is 6.04 Å². The van der Waals surface area contributed by atoms with E-state index in [2.05, 4.69) is 59.9 Å². The Morgan fingerprint density at radius 1 is 0.900 bits per heavy atom. The molecular formula is C18H17NO. The maximum atomic E-state index is 5.63. The van der Waals surface area contributed by atoms with Gasteiger partial charge in [0.15, 0.2) is 0 Å². The molecule has 0 bridgehead atoms. The number of nitrogens with one attached hydrogen (secondary N) is 1. The fraction of sp³-hybridized carbons (Fsp3) is 0.222. The Bertz CT molecular complexity index is 760. The van der Waals surface area contributed by atoms with Crippen molar-refractivity contribution in [3.05, 3.63) is 60.2 Å². The lowest BCUT2D eigenvalue weighted by molar-refractivity contribution is 0.0773. The van der Waals surface area contributed by atoms with Crippen molar-refractivity contribution in [2.24, 2.45) is 0 Å². The van der Waals surface area contributed by atoms with Crippen molar-refractivity contribution in [1.29, 1.82) is 0 Å². The van der Waals surface area contributed by atoms with Crippen LogP contribution < -0.4 is 5.32 Å². The third-order valence-electron chi connectivity index (χ3n) is 4.10. The molecule has 20 heavy (non-hydrogen) atoms. The zero-order valence-corrected chi connectivity index (χ0v) is 11.3. The molecule has 0 radical (unpaired) electrons. The van der Waals surface area contributed by atoms with E-state index in [0.29, 0.717) is 6.04 Å². The van der Waals surface area contributed by atoms with Crippen LogP contribution in [0, 0.1) is 0 Å². The maximum Gasteiger partial charge on any atom is 0.0662 e. The van der Waals surface area contributed by atoms with Gasteiger partial charge >= 0.3 is 0 Å². The van der Waals surface area contributed by atoms with E-state index in [-0.39, 0.29) is 0 Å². The molecule has 1 N–H and O–H groups in total. The molecule has 1 aliphatic rings. The summed E-state index contributed by atoms with van der Waals surface area (Å²) in [6.07, 6.45) is 0. The molecule has 1 saturated heterocycles. The Morgan fingerprint density at radius 2 is 1.65 bits per heavy atom. The molecule has 1 atom stereocenters. The number of hydrogen-bond donors (Lipinski definition) is 1. The van der Waals surface area contributed by atoms with E-state index in [1.165, 1.54) is 27.1 Å². The van der Waals surface area contributed by atoms with Crippen molar-refractivity contribution >= 4 is 21.5 Å². The Kier molecular flexibility index (Phi) is 2.91. The second-order valence-corrected chi connectivity index (χ2v) is 5.31. The number of benzene rings is 3. The van der Waals surface area contributed by atoms with Crippen molar-refractivity contribution in [2.75, 3.05) is 19.8 Å². The molecular weight excluding hydrogens is 246 g/mol. The van der Waals surface area contributed by atoms with E-state index >= 15 is 0 Å². The second-order valence-electron chi connectivity index (χ2n) is 5.31. The van der Waals surface area contributed by atoms with E-state index in [9.17, 15) is 0 Å². The molecule has 0 saturated carbocycles.